The lowest BCUT2D eigenvalue weighted by molar-refractivity contribution is -0.147. The van der Waals surface area contributed by atoms with Crippen LogP contribution >= 0.6 is 0 Å². The van der Waals surface area contributed by atoms with E-state index in [1.165, 1.54) is 89.9 Å². The van der Waals surface area contributed by atoms with E-state index in [-0.39, 0.29) is 0 Å². The number of carboxylic acids is 1. The van der Waals surface area contributed by atoms with E-state index >= 15 is 0 Å². The van der Waals surface area contributed by atoms with Crippen LogP contribution < -0.4 is 0 Å². The fraction of sp³-hybridized carbons (Fsp3) is 0.957. The third-order valence-electron chi connectivity index (χ3n) is 5.69. The molecule has 2 heteroatoms. The van der Waals surface area contributed by atoms with Gasteiger partial charge in [-0.15, -0.1) is 0 Å². The van der Waals surface area contributed by atoms with Crippen LogP contribution in [0, 0.1) is 11.3 Å². The van der Waals surface area contributed by atoms with Crippen LogP contribution in [0.5, 0.6) is 0 Å². The third kappa shape index (κ3) is 14.3. The quantitative estimate of drug-likeness (QED) is 0.253. The van der Waals surface area contributed by atoms with E-state index in [1.54, 1.807) is 0 Å². The smallest absolute Gasteiger partial charge is 0.309 e. The molecule has 0 aliphatic carbocycles. The van der Waals surface area contributed by atoms with E-state index in [2.05, 4.69) is 13.8 Å². The van der Waals surface area contributed by atoms with E-state index in [9.17, 15) is 9.90 Å². The zero-order chi connectivity index (χ0) is 19.0. The van der Waals surface area contributed by atoms with Crippen LogP contribution in [-0.4, -0.2) is 11.1 Å². The maximum atomic E-state index is 11.4. The van der Waals surface area contributed by atoms with Gasteiger partial charge in [-0.25, -0.2) is 0 Å². The Labute approximate surface area is 158 Å². The van der Waals surface area contributed by atoms with Crippen molar-refractivity contribution in [2.24, 2.45) is 11.3 Å². The molecule has 0 aromatic rings. The average molecular weight is 355 g/mol. The molecule has 0 atom stereocenters. The molecule has 0 radical (unpaired) electrons. The van der Waals surface area contributed by atoms with E-state index in [1.807, 2.05) is 13.8 Å². The Hall–Kier alpha value is -0.530. The summed E-state index contributed by atoms with van der Waals surface area (Å²) in [7, 11) is 0. The summed E-state index contributed by atoms with van der Waals surface area (Å²) in [4.78, 5) is 11.4. The molecule has 0 aliphatic rings. The van der Waals surface area contributed by atoms with Gasteiger partial charge in [0.05, 0.1) is 5.41 Å². The van der Waals surface area contributed by atoms with E-state index in [0.717, 1.165) is 18.8 Å². The third-order valence-corrected chi connectivity index (χ3v) is 5.69. The molecule has 0 saturated carbocycles. The molecule has 1 N–H and O–H groups in total. The van der Waals surface area contributed by atoms with E-state index in [0.29, 0.717) is 0 Å². The lowest BCUT2D eigenvalue weighted by atomic mass is 9.81. The van der Waals surface area contributed by atoms with Crippen molar-refractivity contribution < 1.29 is 9.90 Å². The average Bonchev–Trinajstić information content (AvgIpc) is 2.57. The molecule has 0 aromatic heterocycles. The summed E-state index contributed by atoms with van der Waals surface area (Å²) in [5, 5.41) is 9.35. The largest absolute Gasteiger partial charge is 0.481 e. The Kier molecular flexibility index (Phi) is 15.4. The second kappa shape index (κ2) is 15.7. The molecule has 150 valence electrons. The van der Waals surface area contributed by atoms with Gasteiger partial charge in [0.15, 0.2) is 0 Å². The molecule has 2 nitrogen and oxygen atoms in total. The monoisotopic (exact) mass is 354 g/mol. The normalized spacial score (nSPS) is 12.0. The highest BCUT2D eigenvalue weighted by Crippen LogP contribution is 2.30. The van der Waals surface area contributed by atoms with Gasteiger partial charge in [0, 0.05) is 0 Å². The molecule has 0 heterocycles. The Balaban J connectivity index is 4.10. The molecule has 0 amide bonds. The molecule has 0 saturated heterocycles. The van der Waals surface area contributed by atoms with Crippen LogP contribution in [0.15, 0.2) is 0 Å². The molecular formula is C23H46O2. The summed E-state index contributed by atoms with van der Waals surface area (Å²) in [5.41, 5.74) is -0.569. The fourth-order valence-corrected chi connectivity index (χ4v) is 3.53. The molecule has 25 heavy (non-hydrogen) atoms. The minimum Gasteiger partial charge on any atom is -0.481 e. The lowest BCUT2D eigenvalue weighted by Gasteiger charge is -2.23. The van der Waals surface area contributed by atoms with E-state index < -0.39 is 11.4 Å². The number of hydrogen-bond donors (Lipinski definition) is 1. The zero-order valence-corrected chi connectivity index (χ0v) is 17.7. The maximum Gasteiger partial charge on any atom is 0.309 e. The van der Waals surface area contributed by atoms with Crippen LogP contribution in [0.1, 0.15) is 130 Å². The zero-order valence-electron chi connectivity index (χ0n) is 17.7. The van der Waals surface area contributed by atoms with Gasteiger partial charge >= 0.3 is 5.97 Å². The molecule has 0 rings (SSSR count). The number of rotatable bonds is 18. The fourth-order valence-electron chi connectivity index (χ4n) is 3.53. The van der Waals surface area contributed by atoms with Crippen molar-refractivity contribution in [1.29, 1.82) is 0 Å². The van der Waals surface area contributed by atoms with Crippen molar-refractivity contribution >= 4 is 5.97 Å². The first-order valence-corrected chi connectivity index (χ1v) is 11.2. The molecule has 0 unspecified atom stereocenters. The number of unbranched alkanes of at least 4 members (excludes halogenated alkanes) is 10. The number of carboxylic acid groups (broad SMARTS) is 1. The highest BCUT2D eigenvalue weighted by Gasteiger charge is 2.27. The molecular weight excluding hydrogens is 308 g/mol. The van der Waals surface area contributed by atoms with Gasteiger partial charge in [-0.3, -0.25) is 4.79 Å². The maximum absolute atomic E-state index is 11.4. The van der Waals surface area contributed by atoms with Gasteiger partial charge in [0.2, 0.25) is 0 Å². The van der Waals surface area contributed by atoms with Crippen LogP contribution in [0.2, 0.25) is 0 Å². The summed E-state index contributed by atoms with van der Waals surface area (Å²) in [6.45, 7) is 8.28. The Bertz CT molecular complexity index is 293. The topological polar surface area (TPSA) is 37.3 Å². The Morgan fingerprint density at radius 1 is 0.720 bits per heavy atom. The van der Waals surface area contributed by atoms with Crippen LogP contribution in [0.4, 0.5) is 0 Å². The Morgan fingerprint density at radius 2 is 1.12 bits per heavy atom. The van der Waals surface area contributed by atoms with Crippen LogP contribution in [0.25, 0.3) is 0 Å². The molecule has 0 spiro atoms. The SMILES string of the molecule is CCCCCCCCC(CCCCCCCC)CCC(C)(C)C(=O)O. The standard InChI is InChI=1S/C23H46O2/c1-5-7-9-11-13-15-17-21(18-16-14-12-10-8-6-2)19-20-23(3,4)22(24)25/h21H,5-20H2,1-4H3,(H,24,25). The number of hydrogen-bond acceptors (Lipinski definition) is 1. The summed E-state index contributed by atoms with van der Waals surface area (Å²) in [5.74, 6) is 0.0846. The highest BCUT2D eigenvalue weighted by molar-refractivity contribution is 5.73. The minimum absolute atomic E-state index is 0.569. The predicted octanol–water partition coefficient (Wildman–Crippen LogP) is 7.99. The second-order valence-corrected chi connectivity index (χ2v) is 8.71. The van der Waals surface area contributed by atoms with Gasteiger partial charge in [-0.1, -0.05) is 104 Å². The van der Waals surface area contributed by atoms with Gasteiger partial charge < -0.3 is 5.11 Å². The summed E-state index contributed by atoms with van der Waals surface area (Å²) in [6, 6.07) is 0. The van der Waals surface area contributed by atoms with Crippen molar-refractivity contribution in [3.8, 4) is 0 Å². The van der Waals surface area contributed by atoms with Crippen molar-refractivity contribution in [3.05, 3.63) is 0 Å². The second-order valence-electron chi connectivity index (χ2n) is 8.71. The van der Waals surface area contributed by atoms with Gasteiger partial charge in [-0.05, 0) is 32.6 Å². The van der Waals surface area contributed by atoms with Crippen molar-refractivity contribution in [2.75, 3.05) is 0 Å². The van der Waals surface area contributed by atoms with Crippen LogP contribution in [0.3, 0.4) is 0 Å². The summed E-state index contributed by atoms with van der Waals surface area (Å²) >= 11 is 0. The first-order chi connectivity index (χ1) is 11.9. The first kappa shape index (κ1) is 24.5. The summed E-state index contributed by atoms with van der Waals surface area (Å²) in [6.07, 6.45) is 20.7. The predicted molar refractivity (Wildman–Crippen MR) is 110 cm³/mol. The Morgan fingerprint density at radius 3 is 1.52 bits per heavy atom. The molecule has 0 fully saturated rings. The van der Waals surface area contributed by atoms with Gasteiger partial charge in [0.25, 0.3) is 0 Å². The van der Waals surface area contributed by atoms with Crippen molar-refractivity contribution in [1.82, 2.24) is 0 Å². The number of carbonyl (C=O) groups is 1. The van der Waals surface area contributed by atoms with Crippen molar-refractivity contribution in [3.63, 3.8) is 0 Å². The summed E-state index contributed by atoms with van der Waals surface area (Å²) < 4.78 is 0. The molecule has 0 bridgehead atoms. The molecule has 0 aromatic carbocycles. The van der Waals surface area contributed by atoms with E-state index in [4.69, 9.17) is 0 Å². The minimum atomic E-state index is -0.648. The number of aliphatic carboxylic acids is 1. The lowest BCUT2D eigenvalue weighted by Crippen LogP contribution is -2.24. The highest BCUT2D eigenvalue weighted by atomic mass is 16.4. The van der Waals surface area contributed by atoms with Gasteiger partial charge in [-0.2, -0.15) is 0 Å². The van der Waals surface area contributed by atoms with Gasteiger partial charge in [0.1, 0.15) is 0 Å². The first-order valence-electron chi connectivity index (χ1n) is 11.2. The van der Waals surface area contributed by atoms with Crippen molar-refractivity contribution in [2.45, 2.75) is 130 Å². The molecule has 0 aliphatic heterocycles. The van der Waals surface area contributed by atoms with Crippen LogP contribution in [-0.2, 0) is 4.79 Å².